The maximum atomic E-state index is 13.5. The number of allylic oxidation sites excluding steroid dienone is 20. The van der Waals surface area contributed by atoms with Crippen molar-refractivity contribution < 1.29 is 19.2 Å². The monoisotopic (exact) mass is 789 g/mol. The molecule has 2 aliphatic heterocycles. The summed E-state index contributed by atoms with van der Waals surface area (Å²) in [5.41, 5.74) is 18.9. The van der Waals surface area contributed by atoms with Crippen LogP contribution in [0.4, 0.5) is 0 Å². The number of Topliss-reactive ketones (excluding diaryl/α,β-unsaturated/α-hetero) is 2. The van der Waals surface area contributed by atoms with Crippen LogP contribution in [0.2, 0.25) is 0 Å². The van der Waals surface area contributed by atoms with Crippen molar-refractivity contribution in [1.29, 1.82) is 0 Å². The maximum absolute atomic E-state index is 13.5. The van der Waals surface area contributed by atoms with E-state index in [1.807, 2.05) is 48.0 Å². The fourth-order valence-corrected chi connectivity index (χ4v) is 9.09. The van der Waals surface area contributed by atoms with E-state index in [0.29, 0.717) is 12.8 Å². The van der Waals surface area contributed by atoms with Gasteiger partial charge in [-0.05, 0) is 126 Å². The molecule has 4 aliphatic rings. The van der Waals surface area contributed by atoms with Crippen LogP contribution in [0.25, 0.3) is 0 Å². The number of nitrogens with two attached hydrogens (primary N) is 2. The predicted molar refractivity (Wildman–Crippen MR) is 238 cm³/mol. The molecule has 58 heavy (non-hydrogen) atoms. The lowest BCUT2D eigenvalue weighted by Crippen LogP contribution is -2.52. The summed E-state index contributed by atoms with van der Waals surface area (Å²) in [5, 5.41) is 0. The smallest absolute Gasteiger partial charge is 0.234 e. The highest BCUT2D eigenvalue weighted by molar-refractivity contribution is 6.02. The number of likely N-dealkylation sites (tertiary alicyclic amines) is 2. The normalized spacial score (nSPS) is 27.3. The summed E-state index contributed by atoms with van der Waals surface area (Å²) in [7, 11) is 0. The van der Waals surface area contributed by atoms with Gasteiger partial charge in [0.15, 0.2) is 11.6 Å². The molecule has 0 aromatic rings. The highest BCUT2D eigenvalue weighted by atomic mass is 16.2. The molecule has 4 rings (SSSR count). The Hall–Kier alpha value is -4.66. The van der Waals surface area contributed by atoms with Crippen LogP contribution >= 0.6 is 0 Å². The van der Waals surface area contributed by atoms with Gasteiger partial charge >= 0.3 is 0 Å². The standard InChI is InChI=1S/C50H68N4O4/c1-33(19-13-21-35(3)25-27-39-37(5)45(55)43(31-49(39,7)8)53-29-15-23-41(53)47(51)57)17-11-12-18-34(2)20-14-22-36(4)26-28-40-38(6)46(56)44(32-50(40,9)10)54-30-16-24-42(54)48(52)58/h11-14,17-22,25-28,41-44H,15-16,23-24,29-32H2,1-10H3,(H2,51,57)(H2,52,58)/t41-,42-,43?,44?/m1/s1. The Balaban J connectivity index is 1.30. The molecule has 2 heterocycles. The summed E-state index contributed by atoms with van der Waals surface area (Å²) in [4.78, 5) is 55.1. The first-order valence-corrected chi connectivity index (χ1v) is 20.9. The number of hydrogen-bond donors (Lipinski definition) is 2. The summed E-state index contributed by atoms with van der Waals surface area (Å²) in [5.74, 6) is -0.476. The van der Waals surface area contributed by atoms with Crippen LogP contribution in [-0.4, -0.2) is 70.4 Å². The number of ketones is 2. The van der Waals surface area contributed by atoms with Crippen molar-refractivity contribution >= 4 is 23.4 Å². The van der Waals surface area contributed by atoms with Gasteiger partial charge in [-0.25, -0.2) is 0 Å². The van der Waals surface area contributed by atoms with Crippen LogP contribution in [0.15, 0.2) is 130 Å². The number of primary amides is 2. The average molecular weight is 789 g/mol. The van der Waals surface area contributed by atoms with Gasteiger partial charge in [0.25, 0.3) is 0 Å². The van der Waals surface area contributed by atoms with Crippen LogP contribution in [-0.2, 0) is 19.2 Å². The molecule has 4 atom stereocenters. The van der Waals surface area contributed by atoms with Gasteiger partial charge in [-0.2, -0.15) is 0 Å². The largest absolute Gasteiger partial charge is 0.368 e. The lowest BCUT2D eigenvalue weighted by atomic mass is 9.69. The van der Waals surface area contributed by atoms with E-state index in [9.17, 15) is 19.2 Å². The second kappa shape index (κ2) is 19.9. The van der Waals surface area contributed by atoms with Crippen molar-refractivity contribution in [2.75, 3.05) is 13.1 Å². The van der Waals surface area contributed by atoms with Crippen LogP contribution in [0.3, 0.4) is 0 Å². The second-order valence-electron chi connectivity index (χ2n) is 18.0. The van der Waals surface area contributed by atoms with Crippen molar-refractivity contribution in [2.45, 2.75) is 132 Å². The molecule has 2 amide bonds. The number of hydrogen-bond acceptors (Lipinski definition) is 6. The van der Waals surface area contributed by atoms with Crippen molar-refractivity contribution in [3.05, 3.63) is 130 Å². The zero-order chi connectivity index (χ0) is 42.9. The number of carbonyl (C=O) groups excluding carboxylic acids is 4. The van der Waals surface area contributed by atoms with E-state index in [1.54, 1.807) is 0 Å². The minimum Gasteiger partial charge on any atom is -0.368 e. The topological polar surface area (TPSA) is 127 Å². The van der Waals surface area contributed by atoms with Gasteiger partial charge in [-0.15, -0.1) is 0 Å². The van der Waals surface area contributed by atoms with E-state index >= 15 is 0 Å². The first kappa shape index (κ1) is 46.0. The summed E-state index contributed by atoms with van der Waals surface area (Å²) >= 11 is 0. The fourth-order valence-electron chi connectivity index (χ4n) is 9.09. The Morgan fingerprint density at radius 1 is 0.569 bits per heavy atom. The summed E-state index contributed by atoms with van der Waals surface area (Å²) in [6, 6.07) is -1.32. The quantitative estimate of drug-likeness (QED) is 0.170. The summed E-state index contributed by atoms with van der Waals surface area (Å²) in [6.45, 7) is 22.2. The Bertz CT molecular complexity index is 1830. The van der Waals surface area contributed by atoms with Gasteiger partial charge in [0, 0.05) is 0 Å². The molecule has 2 unspecified atom stereocenters. The number of rotatable bonds is 14. The average Bonchev–Trinajstić information content (AvgIpc) is 3.84. The zero-order valence-corrected chi connectivity index (χ0v) is 36.7. The molecule has 0 radical (unpaired) electrons. The Labute approximate surface area is 348 Å². The van der Waals surface area contributed by atoms with Crippen LogP contribution < -0.4 is 11.5 Å². The van der Waals surface area contributed by atoms with Gasteiger partial charge in [-0.3, -0.25) is 29.0 Å². The number of amides is 2. The first-order chi connectivity index (χ1) is 27.2. The third kappa shape index (κ3) is 11.5. The summed E-state index contributed by atoms with van der Waals surface area (Å²) in [6.07, 6.45) is 33.4. The van der Waals surface area contributed by atoms with Gasteiger partial charge in [0.05, 0.1) is 24.2 Å². The van der Waals surface area contributed by atoms with E-state index < -0.39 is 0 Å². The zero-order valence-electron chi connectivity index (χ0n) is 36.7. The summed E-state index contributed by atoms with van der Waals surface area (Å²) < 4.78 is 0. The fraction of sp³-hybridized carbons (Fsp3) is 0.480. The first-order valence-electron chi connectivity index (χ1n) is 20.9. The Morgan fingerprint density at radius 3 is 1.24 bits per heavy atom. The van der Waals surface area contributed by atoms with E-state index in [0.717, 1.165) is 83.4 Å². The van der Waals surface area contributed by atoms with Crippen LogP contribution in [0, 0.1) is 10.8 Å². The molecule has 8 nitrogen and oxygen atoms in total. The molecule has 0 bridgehead atoms. The van der Waals surface area contributed by atoms with Gasteiger partial charge in [0.2, 0.25) is 11.8 Å². The molecule has 312 valence electrons. The van der Waals surface area contributed by atoms with Crippen molar-refractivity contribution in [3.63, 3.8) is 0 Å². The molecule has 0 aromatic carbocycles. The molecule has 0 saturated carbocycles. The molecule has 0 aromatic heterocycles. The van der Waals surface area contributed by atoms with Crippen molar-refractivity contribution in [3.8, 4) is 0 Å². The minimum atomic E-state index is -0.356. The lowest BCUT2D eigenvalue weighted by molar-refractivity contribution is -0.129. The Morgan fingerprint density at radius 2 is 0.897 bits per heavy atom. The second-order valence-corrected chi connectivity index (χ2v) is 18.0. The third-order valence-corrected chi connectivity index (χ3v) is 12.4. The third-order valence-electron chi connectivity index (χ3n) is 12.4. The van der Waals surface area contributed by atoms with Crippen LogP contribution in [0.5, 0.6) is 0 Å². The highest BCUT2D eigenvalue weighted by Crippen LogP contribution is 2.44. The van der Waals surface area contributed by atoms with Gasteiger partial charge < -0.3 is 11.5 Å². The molecule has 4 N–H and O–H groups in total. The van der Waals surface area contributed by atoms with Gasteiger partial charge in [0.1, 0.15) is 0 Å². The molecule has 2 fully saturated rings. The minimum absolute atomic E-state index is 0.0991. The lowest BCUT2D eigenvalue weighted by Gasteiger charge is -2.41. The highest BCUT2D eigenvalue weighted by Gasteiger charge is 2.46. The number of carbonyl (C=O) groups is 4. The van der Waals surface area contributed by atoms with Gasteiger partial charge in [-0.1, -0.05) is 135 Å². The molecule has 0 spiro atoms. The van der Waals surface area contributed by atoms with E-state index in [2.05, 4.69) is 116 Å². The Kier molecular flexibility index (Phi) is 15.8. The van der Waals surface area contributed by atoms with E-state index in [4.69, 9.17) is 11.5 Å². The van der Waals surface area contributed by atoms with Crippen molar-refractivity contribution in [1.82, 2.24) is 9.80 Å². The van der Waals surface area contributed by atoms with Crippen LogP contribution in [0.1, 0.15) is 108 Å². The molecular weight excluding hydrogens is 721 g/mol. The predicted octanol–water partition coefficient (Wildman–Crippen LogP) is 8.82. The molecule has 8 heteroatoms. The maximum Gasteiger partial charge on any atom is 0.234 e. The molecular formula is C50H68N4O4. The SMILES string of the molecule is CC(C=CC=C(C)C=CC1=C(C)C(=O)C(N2CCC[C@@H]2C(N)=O)CC1(C)C)=CC=CC=C(C)C=CC=C(C)C=CC1=C(C)C(=O)C(N2CCC[C@@H]2C(N)=O)CC1(C)C. The van der Waals surface area contributed by atoms with E-state index in [1.165, 1.54) is 0 Å². The molecule has 2 aliphatic carbocycles. The van der Waals surface area contributed by atoms with E-state index in [-0.39, 0.29) is 58.4 Å². The van der Waals surface area contributed by atoms with Crippen molar-refractivity contribution in [2.24, 2.45) is 22.3 Å². The molecule has 2 saturated heterocycles. The number of nitrogens with zero attached hydrogens (tertiary/aromatic N) is 2.